The van der Waals surface area contributed by atoms with Gasteiger partial charge in [0.2, 0.25) is 0 Å². The second-order valence-electron chi connectivity index (χ2n) is 2.35. The maximum Gasteiger partial charge on any atom is 0.0830 e. The maximum absolute atomic E-state index is 9.02. The van der Waals surface area contributed by atoms with Crippen LogP contribution in [0.5, 0.6) is 0 Å². The van der Waals surface area contributed by atoms with Gasteiger partial charge in [0.05, 0.1) is 18.8 Å². The minimum atomic E-state index is -0.268. The van der Waals surface area contributed by atoms with Crippen molar-refractivity contribution in [3.63, 3.8) is 0 Å². The molecule has 54 valence electrons. The Bertz CT molecular complexity index is 84.4. The summed E-state index contributed by atoms with van der Waals surface area (Å²) in [6, 6.07) is 0. The third-order valence-electron chi connectivity index (χ3n) is 1.54. The Labute approximate surface area is 54.3 Å². The molecule has 0 bridgehead atoms. The van der Waals surface area contributed by atoms with E-state index in [0.29, 0.717) is 19.4 Å². The summed E-state index contributed by atoms with van der Waals surface area (Å²) in [6.45, 7) is 0.601. The van der Waals surface area contributed by atoms with Crippen LogP contribution in [-0.4, -0.2) is 35.6 Å². The number of hydrogen-bond acceptors (Lipinski definition) is 3. The molecule has 1 aliphatic heterocycles. The van der Waals surface area contributed by atoms with Gasteiger partial charge in [-0.2, -0.15) is 0 Å². The van der Waals surface area contributed by atoms with Gasteiger partial charge < -0.3 is 14.9 Å². The average Bonchev–Trinajstić information content (AvgIpc) is 1.88. The molecule has 0 spiro atoms. The van der Waals surface area contributed by atoms with Crippen molar-refractivity contribution in [1.82, 2.24) is 0 Å². The Hall–Kier alpha value is -0.120. The van der Waals surface area contributed by atoms with Crippen molar-refractivity contribution in [3.05, 3.63) is 0 Å². The van der Waals surface area contributed by atoms with E-state index in [-0.39, 0.29) is 18.8 Å². The van der Waals surface area contributed by atoms with Crippen molar-refractivity contribution in [2.24, 2.45) is 0 Å². The van der Waals surface area contributed by atoms with Gasteiger partial charge in [0.25, 0.3) is 0 Å². The van der Waals surface area contributed by atoms with Crippen molar-refractivity contribution in [2.75, 3.05) is 13.2 Å². The van der Waals surface area contributed by atoms with Crippen LogP contribution < -0.4 is 0 Å². The van der Waals surface area contributed by atoms with Gasteiger partial charge in [-0.05, 0) is 6.42 Å². The zero-order valence-corrected chi connectivity index (χ0v) is 5.29. The molecule has 0 aromatic rings. The van der Waals surface area contributed by atoms with Gasteiger partial charge in [-0.1, -0.05) is 0 Å². The largest absolute Gasteiger partial charge is 0.394 e. The van der Waals surface area contributed by atoms with E-state index in [1.165, 1.54) is 0 Å². The standard InChI is InChI=1S/C6H12O3/c7-4-6-3-5(8)1-2-9-6/h5-8H,1-4H2/t5-,6+/m0/s1. The van der Waals surface area contributed by atoms with Crippen LogP contribution in [-0.2, 0) is 4.74 Å². The molecule has 0 radical (unpaired) electrons. The molecule has 0 aliphatic carbocycles. The third-order valence-corrected chi connectivity index (χ3v) is 1.54. The first-order chi connectivity index (χ1) is 4.33. The highest BCUT2D eigenvalue weighted by Gasteiger charge is 2.19. The number of aliphatic hydroxyl groups excluding tert-OH is 2. The van der Waals surface area contributed by atoms with Crippen LogP contribution in [0.1, 0.15) is 12.8 Å². The normalized spacial score (nSPS) is 36.7. The SMILES string of the molecule is OC[C@H]1C[C@@H](O)CCO1. The zero-order chi connectivity index (χ0) is 6.69. The van der Waals surface area contributed by atoms with Gasteiger partial charge in [-0.15, -0.1) is 0 Å². The molecule has 1 rings (SSSR count). The monoisotopic (exact) mass is 132 g/mol. The first kappa shape index (κ1) is 6.99. The second kappa shape index (κ2) is 3.15. The third kappa shape index (κ3) is 1.93. The molecule has 3 heteroatoms. The maximum atomic E-state index is 9.02. The molecule has 1 heterocycles. The fraction of sp³-hybridized carbons (Fsp3) is 1.00. The average molecular weight is 132 g/mol. The summed E-state index contributed by atoms with van der Waals surface area (Å²) in [5.74, 6) is 0. The lowest BCUT2D eigenvalue weighted by molar-refractivity contribution is -0.0642. The summed E-state index contributed by atoms with van der Waals surface area (Å²) in [5.41, 5.74) is 0. The van der Waals surface area contributed by atoms with E-state index >= 15 is 0 Å². The first-order valence-electron chi connectivity index (χ1n) is 3.23. The molecule has 3 nitrogen and oxygen atoms in total. The molecule has 0 aromatic heterocycles. The lowest BCUT2D eigenvalue weighted by Crippen LogP contribution is -2.31. The van der Waals surface area contributed by atoms with Crippen LogP contribution in [0.25, 0.3) is 0 Å². The van der Waals surface area contributed by atoms with Crippen molar-refractivity contribution in [1.29, 1.82) is 0 Å². The van der Waals surface area contributed by atoms with Gasteiger partial charge in [0, 0.05) is 13.0 Å². The number of hydrogen-bond donors (Lipinski definition) is 2. The van der Waals surface area contributed by atoms with Gasteiger partial charge in [0.15, 0.2) is 0 Å². The minimum absolute atomic E-state index is 0.0249. The molecule has 0 unspecified atom stereocenters. The Kier molecular flexibility index (Phi) is 2.45. The molecule has 0 aromatic carbocycles. The van der Waals surface area contributed by atoms with E-state index in [0.717, 1.165) is 0 Å². The summed E-state index contributed by atoms with van der Waals surface area (Å²) in [7, 11) is 0. The molecule has 2 atom stereocenters. The molecule has 1 saturated heterocycles. The fourth-order valence-electron chi connectivity index (χ4n) is 0.987. The van der Waals surface area contributed by atoms with Crippen molar-refractivity contribution >= 4 is 0 Å². The van der Waals surface area contributed by atoms with Gasteiger partial charge in [-0.3, -0.25) is 0 Å². The lowest BCUT2D eigenvalue weighted by atomic mass is 10.1. The molecular formula is C6H12O3. The second-order valence-corrected chi connectivity index (χ2v) is 2.35. The van der Waals surface area contributed by atoms with Crippen LogP contribution in [0.3, 0.4) is 0 Å². The van der Waals surface area contributed by atoms with Crippen LogP contribution >= 0.6 is 0 Å². The predicted octanol–water partition coefficient (Wildman–Crippen LogP) is -0.481. The van der Waals surface area contributed by atoms with Crippen LogP contribution in [0, 0.1) is 0 Å². The number of ether oxygens (including phenoxy) is 1. The first-order valence-corrected chi connectivity index (χ1v) is 3.23. The molecule has 2 N–H and O–H groups in total. The van der Waals surface area contributed by atoms with Crippen molar-refractivity contribution in [2.45, 2.75) is 25.0 Å². The Morgan fingerprint density at radius 2 is 2.33 bits per heavy atom. The van der Waals surface area contributed by atoms with Crippen LogP contribution in [0.15, 0.2) is 0 Å². The Balaban J connectivity index is 2.23. The van der Waals surface area contributed by atoms with Crippen LogP contribution in [0.2, 0.25) is 0 Å². The van der Waals surface area contributed by atoms with E-state index in [9.17, 15) is 0 Å². The van der Waals surface area contributed by atoms with E-state index in [1.54, 1.807) is 0 Å². The van der Waals surface area contributed by atoms with E-state index in [4.69, 9.17) is 14.9 Å². The van der Waals surface area contributed by atoms with Crippen LogP contribution in [0.4, 0.5) is 0 Å². The zero-order valence-electron chi connectivity index (χ0n) is 5.29. The number of rotatable bonds is 1. The molecule has 0 amide bonds. The Morgan fingerprint density at radius 1 is 1.56 bits per heavy atom. The summed E-state index contributed by atoms with van der Waals surface area (Å²) in [5, 5.41) is 17.6. The highest BCUT2D eigenvalue weighted by molar-refractivity contribution is 4.68. The molecule has 1 fully saturated rings. The summed E-state index contributed by atoms with van der Waals surface area (Å²) < 4.78 is 5.09. The Morgan fingerprint density at radius 3 is 2.78 bits per heavy atom. The van der Waals surface area contributed by atoms with E-state index in [2.05, 4.69) is 0 Å². The number of aliphatic hydroxyl groups is 2. The molecular weight excluding hydrogens is 120 g/mol. The van der Waals surface area contributed by atoms with Gasteiger partial charge in [0.1, 0.15) is 0 Å². The lowest BCUT2D eigenvalue weighted by Gasteiger charge is -2.24. The van der Waals surface area contributed by atoms with Crippen molar-refractivity contribution < 1.29 is 14.9 Å². The summed E-state index contributed by atoms with van der Waals surface area (Å²) in [4.78, 5) is 0. The van der Waals surface area contributed by atoms with Crippen molar-refractivity contribution in [3.8, 4) is 0 Å². The molecule has 1 aliphatic rings. The summed E-state index contributed by atoms with van der Waals surface area (Å²) in [6.07, 6.45) is 0.886. The highest BCUT2D eigenvalue weighted by atomic mass is 16.5. The topological polar surface area (TPSA) is 49.7 Å². The smallest absolute Gasteiger partial charge is 0.0830 e. The quantitative estimate of drug-likeness (QED) is 0.506. The highest BCUT2D eigenvalue weighted by Crippen LogP contribution is 2.12. The fourth-order valence-corrected chi connectivity index (χ4v) is 0.987. The minimum Gasteiger partial charge on any atom is -0.394 e. The molecule has 0 saturated carbocycles. The van der Waals surface area contributed by atoms with Gasteiger partial charge in [-0.25, -0.2) is 0 Å². The molecule has 9 heavy (non-hydrogen) atoms. The van der Waals surface area contributed by atoms with Gasteiger partial charge >= 0.3 is 0 Å². The summed E-state index contributed by atoms with van der Waals surface area (Å²) >= 11 is 0. The predicted molar refractivity (Wildman–Crippen MR) is 32.1 cm³/mol. The van der Waals surface area contributed by atoms with E-state index in [1.807, 2.05) is 0 Å². The van der Waals surface area contributed by atoms with E-state index < -0.39 is 0 Å².